The molecule has 5 heteroatoms. The summed E-state index contributed by atoms with van der Waals surface area (Å²) in [6.07, 6.45) is 3.74. The Bertz CT molecular complexity index is 10900. The third-order valence-corrected chi connectivity index (χ3v) is 32.0. The van der Waals surface area contributed by atoms with Crippen LogP contribution in [-0.2, 0) is 5.41 Å². The number of hydrogen-bond donors (Lipinski definition) is 0. The molecular weight excluding hydrogens is 1810 g/mol. The Morgan fingerprint density at radius 3 is 0.899 bits per heavy atom. The summed E-state index contributed by atoms with van der Waals surface area (Å²) in [7, 11) is 0. The summed E-state index contributed by atoms with van der Waals surface area (Å²) in [5.41, 5.74) is 35.9. The van der Waals surface area contributed by atoms with Crippen molar-refractivity contribution in [3.8, 4) is 111 Å². The van der Waals surface area contributed by atoms with Gasteiger partial charge in [-0.15, -0.1) is 0 Å². The first-order chi connectivity index (χ1) is 73.9. The van der Waals surface area contributed by atoms with Crippen molar-refractivity contribution >= 4 is 185 Å². The van der Waals surface area contributed by atoms with Crippen LogP contribution in [0.3, 0.4) is 0 Å². The number of benzene rings is 26. The van der Waals surface area contributed by atoms with E-state index in [1.54, 1.807) is 0 Å². The average Bonchev–Trinajstić information content (AvgIpc) is 1.65. The largest absolute Gasteiger partial charge is 0.456 e. The summed E-state index contributed by atoms with van der Waals surface area (Å²) in [5, 5.41) is 31.2. The predicted molar refractivity (Wildman–Crippen MR) is 624 cm³/mol. The minimum atomic E-state index is -0.502. The van der Waals surface area contributed by atoms with E-state index >= 15 is 0 Å². The van der Waals surface area contributed by atoms with E-state index in [0.29, 0.717) is 0 Å². The molecule has 26 aromatic carbocycles. The second kappa shape index (κ2) is 33.2. The minimum Gasteiger partial charge on any atom is -0.456 e. The summed E-state index contributed by atoms with van der Waals surface area (Å²) in [6, 6.07) is 183. The monoisotopic (exact) mass is 1890 g/mol. The standard InChI is InChI=1S/C55H32O.C48H28O2.C41H25NO/c1-2-16-34-31-35(30-29-33(34)15-1)50-38-19-3-5-21-40(38)51(41-22-6-4-20-39(41)50)44-32-48-53(54-52(44)43-24-10-14-28-49(43)56-54)42-23-9-13-27-47(42)55(48)45-25-11-7-17-36(45)37-18-8-12-26-46(37)55;1-2-13-30-28-31(25-24-29(30)12-1)44-32-14-3-5-16-34(32)45(35-17-6-4-15-33(35)44)40-27-26-37(48-47(40)39-19-8-10-22-42(39)50-48)36-20-11-23-43-46(36)38-18-7-9-21-41(38)49-43;1-2-11-27-22-28(20-19-26(27)10-1)39-31-13-3-5-15-33(31)40(34-16-6-4-14-32(34)39)36-23-30(29-12-9-21-42-25-29)24-38-41(36)35-17-7-8-18-37(35)43-38/h1-32H;1-28H;1-25H. The number of nitrogens with zero attached hydrogens (tertiary/aromatic N) is 1. The van der Waals surface area contributed by atoms with E-state index in [-0.39, 0.29) is 0 Å². The Labute approximate surface area is 856 Å². The van der Waals surface area contributed by atoms with Crippen molar-refractivity contribution in [2.45, 2.75) is 5.41 Å². The molecule has 5 nitrogen and oxygen atoms in total. The molecule has 0 N–H and O–H groups in total. The summed E-state index contributed by atoms with van der Waals surface area (Å²) in [6.45, 7) is 0. The zero-order valence-corrected chi connectivity index (χ0v) is 80.7. The Hall–Kier alpha value is -19.6. The fraction of sp³-hybridized carbons (Fsp3) is 0.00694. The highest BCUT2D eigenvalue weighted by atomic mass is 16.3. The number of fused-ring (bicyclic) bond motifs is 32. The van der Waals surface area contributed by atoms with Crippen molar-refractivity contribution < 1.29 is 17.7 Å². The second-order valence-electron chi connectivity index (χ2n) is 39.7. The molecule has 31 aromatic rings. The second-order valence-corrected chi connectivity index (χ2v) is 39.7. The topological polar surface area (TPSA) is 65.5 Å². The summed E-state index contributed by atoms with van der Waals surface area (Å²) in [4.78, 5) is 4.42. The van der Waals surface area contributed by atoms with Gasteiger partial charge in [0.15, 0.2) is 0 Å². The Morgan fingerprint density at radius 1 is 0.148 bits per heavy atom. The first kappa shape index (κ1) is 84.0. The van der Waals surface area contributed by atoms with Crippen molar-refractivity contribution in [3.05, 3.63) is 538 Å². The molecule has 0 unspecified atom stereocenters. The highest BCUT2D eigenvalue weighted by Crippen LogP contribution is 2.66. The SMILES string of the molecule is c1ccc2c(c1)-c1ccccc1C21c2ccccc2-c2c1cc(-c1c3ccccc3c(-c3ccc4ccccc4c3)c3ccccc13)c1c2oc2ccccc21.c1ccc2cc(-c3c4ccccc4c(-c4ccc(-c5cccc6oc7ccccc7c56)c5oc6ccccc6c45)c4ccccc34)ccc2c1.c1cncc(-c2cc(-c3c4ccccc4c(-c4ccc5ccccc5c4)c4ccccc34)c3c(c2)oc2ccccc23)c1. The van der Waals surface area contributed by atoms with Gasteiger partial charge in [0.25, 0.3) is 0 Å². The zero-order chi connectivity index (χ0) is 97.6. The quantitative estimate of drug-likeness (QED) is 0.142. The van der Waals surface area contributed by atoms with E-state index in [4.69, 9.17) is 17.7 Å². The van der Waals surface area contributed by atoms with E-state index < -0.39 is 5.41 Å². The van der Waals surface area contributed by atoms with Gasteiger partial charge in [-0.05, 0) is 293 Å². The van der Waals surface area contributed by atoms with Crippen molar-refractivity contribution in [1.82, 2.24) is 4.98 Å². The van der Waals surface area contributed by atoms with Crippen LogP contribution in [0, 0.1) is 0 Å². The van der Waals surface area contributed by atoms with Crippen molar-refractivity contribution in [1.29, 1.82) is 0 Å². The number of aromatic nitrogens is 1. The molecule has 1 spiro atoms. The van der Waals surface area contributed by atoms with Crippen LogP contribution in [0.5, 0.6) is 0 Å². The lowest BCUT2D eigenvalue weighted by molar-refractivity contribution is 0.668. The van der Waals surface area contributed by atoms with E-state index in [9.17, 15) is 0 Å². The lowest BCUT2D eigenvalue weighted by Gasteiger charge is -2.31. The maximum absolute atomic E-state index is 7.15. The van der Waals surface area contributed by atoms with Crippen LogP contribution in [-0.4, -0.2) is 4.98 Å². The molecule has 0 radical (unpaired) electrons. The minimum absolute atomic E-state index is 0.502. The summed E-state index contributed by atoms with van der Waals surface area (Å²) in [5.74, 6) is 0. The maximum Gasteiger partial charge on any atom is 0.144 e. The maximum atomic E-state index is 7.15. The van der Waals surface area contributed by atoms with Gasteiger partial charge in [0.05, 0.1) is 5.41 Å². The first-order valence-electron chi connectivity index (χ1n) is 51.2. The average molecular weight is 1890 g/mol. The molecule has 33 rings (SSSR count). The smallest absolute Gasteiger partial charge is 0.144 e. The first-order valence-corrected chi connectivity index (χ1v) is 51.2. The van der Waals surface area contributed by atoms with Gasteiger partial charge < -0.3 is 17.7 Å². The molecule has 0 saturated heterocycles. The molecule has 0 saturated carbocycles. The van der Waals surface area contributed by atoms with Gasteiger partial charge in [-0.2, -0.15) is 0 Å². The molecule has 149 heavy (non-hydrogen) atoms. The molecule has 0 bridgehead atoms. The highest BCUT2D eigenvalue weighted by Gasteiger charge is 2.53. The van der Waals surface area contributed by atoms with Gasteiger partial charge in [-0.1, -0.05) is 425 Å². The Morgan fingerprint density at radius 2 is 0.463 bits per heavy atom. The van der Waals surface area contributed by atoms with Crippen LogP contribution in [0.15, 0.2) is 534 Å². The summed E-state index contributed by atoms with van der Waals surface area (Å²) < 4.78 is 26.8. The Balaban J connectivity index is 0.000000102. The molecule has 5 heterocycles. The number of hydrogen-bond acceptors (Lipinski definition) is 5. The molecule has 5 aromatic heterocycles. The third-order valence-electron chi connectivity index (χ3n) is 32.0. The van der Waals surface area contributed by atoms with Gasteiger partial charge in [-0.3, -0.25) is 4.98 Å². The van der Waals surface area contributed by atoms with Gasteiger partial charge in [0, 0.05) is 72.2 Å². The van der Waals surface area contributed by atoms with Crippen LogP contribution in [0.4, 0.5) is 0 Å². The highest BCUT2D eigenvalue weighted by molar-refractivity contribution is 6.32. The fourth-order valence-electron chi connectivity index (χ4n) is 25.9. The molecule has 0 atom stereocenters. The molecule has 2 aliphatic carbocycles. The van der Waals surface area contributed by atoms with E-state index in [1.165, 1.54) is 208 Å². The van der Waals surface area contributed by atoms with Crippen molar-refractivity contribution in [2.24, 2.45) is 0 Å². The normalized spacial score (nSPS) is 12.5. The van der Waals surface area contributed by atoms with Crippen LogP contribution < -0.4 is 0 Å². The van der Waals surface area contributed by atoms with Crippen LogP contribution in [0.2, 0.25) is 0 Å². The Kier molecular flexibility index (Phi) is 18.7. The van der Waals surface area contributed by atoms with Gasteiger partial charge >= 0.3 is 0 Å². The molecule has 0 amide bonds. The van der Waals surface area contributed by atoms with Crippen LogP contribution in [0.1, 0.15) is 22.3 Å². The van der Waals surface area contributed by atoms with E-state index in [2.05, 4.69) is 484 Å². The van der Waals surface area contributed by atoms with E-state index in [0.717, 1.165) is 110 Å². The van der Waals surface area contributed by atoms with Crippen LogP contribution in [0.25, 0.3) is 296 Å². The predicted octanol–water partition coefficient (Wildman–Crippen LogP) is 40.1. The lowest BCUT2D eigenvalue weighted by Crippen LogP contribution is -2.25. The number of para-hydroxylation sites is 4. The number of rotatable bonds is 8. The van der Waals surface area contributed by atoms with Gasteiger partial charge in [0.2, 0.25) is 0 Å². The molecule has 0 aliphatic heterocycles. The van der Waals surface area contributed by atoms with Crippen LogP contribution >= 0.6 is 0 Å². The zero-order valence-electron chi connectivity index (χ0n) is 80.7. The van der Waals surface area contributed by atoms with E-state index in [1.807, 2.05) is 36.7 Å². The molecule has 2 aliphatic rings. The van der Waals surface area contributed by atoms with Gasteiger partial charge in [0.1, 0.15) is 44.7 Å². The fourth-order valence-corrected chi connectivity index (χ4v) is 25.9. The molecular formula is C144H85NO4. The van der Waals surface area contributed by atoms with Crippen molar-refractivity contribution in [3.63, 3.8) is 0 Å². The third kappa shape index (κ3) is 12.7. The number of pyridine rings is 1. The summed E-state index contributed by atoms with van der Waals surface area (Å²) >= 11 is 0. The molecule has 0 fully saturated rings. The lowest BCUT2D eigenvalue weighted by atomic mass is 9.70. The van der Waals surface area contributed by atoms with Gasteiger partial charge in [-0.25, -0.2) is 0 Å². The van der Waals surface area contributed by atoms with Crippen molar-refractivity contribution in [2.75, 3.05) is 0 Å². The molecule has 690 valence electrons. The number of furan rings is 4.